The number of amides is 2. The highest BCUT2D eigenvalue weighted by Gasteiger charge is 2.25. The van der Waals surface area contributed by atoms with Gasteiger partial charge in [0.05, 0.1) is 6.54 Å². The van der Waals surface area contributed by atoms with Crippen LogP contribution < -0.4 is 5.73 Å². The lowest BCUT2D eigenvalue weighted by atomic mass is 10.2. The van der Waals surface area contributed by atoms with Gasteiger partial charge in [-0.3, -0.25) is 14.5 Å². The van der Waals surface area contributed by atoms with Crippen molar-refractivity contribution in [3.05, 3.63) is 35.9 Å². The number of carbonyl (C=O) groups is 2. The lowest BCUT2D eigenvalue weighted by Gasteiger charge is -2.38. The van der Waals surface area contributed by atoms with E-state index >= 15 is 0 Å². The van der Waals surface area contributed by atoms with Gasteiger partial charge in [-0.05, 0) is 19.5 Å². The standard InChI is InChI=1S/C18H28N4O2/c1-15-12-20(2)10-11-21(15)14-18(24)22(9-8-17(19)23)13-16-6-4-3-5-7-16/h3-7,15H,8-14H2,1-2H3,(H2,19,23)/t15-/m0/s1. The van der Waals surface area contributed by atoms with E-state index < -0.39 is 0 Å². The van der Waals surface area contributed by atoms with Crippen LogP contribution in [0.1, 0.15) is 18.9 Å². The highest BCUT2D eigenvalue weighted by Crippen LogP contribution is 2.10. The molecule has 0 unspecified atom stereocenters. The van der Waals surface area contributed by atoms with Gasteiger partial charge in [0, 0.05) is 45.2 Å². The van der Waals surface area contributed by atoms with Crippen molar-refractivity contribution < 1.29 is 9.59 Å². The van der Waals surface area contributed by atoms with Crippen LogP contribution in [-0.2, 0) is 16.1 Å². The molecule has 1 aliphatic rings. The highest BCUT2D eigenvalue weighted by atomic mass is 16.2. The zero-order chi connectivity index (χ0) is 17.5. The summed E-state index contributed by atoms with van der Waals surface area (Å²) in [6.45, 7) is 6.23. The number of carbonyl (C=O) groups excluding carboxylic acids is 2. The normalized spacial score (nSPS) is 19.2. The fourth-order valence-corrected chi connectivity index (χ4v) is 3.03. The second-order valence-corrected chi connectivity index (χ2v) is 6.60. The van der Waals surface area contributed by atoms with Gasteiger partial charge >= 0.3 is 0 Å². The molecule has 2 amide bonds. The summed E-state index contributed by atoms with van der Waals surface area (Å²) in [5.74, 6) is -0.328. The van der Waals surface area contributed by atoms with E-state index in [4.69, 9.17) is 5.73 Å². The minimum absolute atomic E-state index is 0.0523. The van der Waals surface area contributed by atoms with Crippen LogP contribution in [-0.4, -0.2) is 72.3 Å². The lowest BCUT2D eigenvalue weighted by molar-refractivity contribution is -0.134. The number of primary amides is 1. The zero-order valence-electron chi connectivity index (χ0n) is 14.6. The van der Waals surface area contributed by atoms with Crippen molar-refractivity contribution in [3.63, 3.8) is 0 Å². The molecular formula is C18H28N4O2. The van der Waals surface area contributed by atoms with E-state index in [-0.39, 0.29) is 18.2 Å². The molecule has 0 aliphatic carbocycles. The molecule has 1 aromatic rings. The molecule has 24 heavy (non-hydrogen) atoms. The molecule has 1 aromatic carbocycles. The SMILES string of the molecule is C[C@H]1CN(C)CCN1CC(=O)N(CCC(N)=O)Cc1ccccc1. The van der Waals surface area contributed by atoms with Crippen molar-refractivity contribution in [3.8, 4) is 0 Å². The first-order chi connectivity index (χ1) is 11.5. The van der Waals surface area contributed by atoms with Crippen LogP contribution in [0.15, 0.2) is 30.3 Å². The average molecular weight is 332 g/mol. The number of piperazine rings is 1. The Morgan fingerprint density at radius 1 is 1.25 bits per heavy atom. The number of nitrogens with zero attached hydrogens (tertiary/aromatic N) is 3. The summed E-state index contributed by atoms with van der Waals surface area (Å²) in [5, 5.41) is 0. The first-order valence-corrected chi connectivity index (χ1v) is 8.48. The van der Waals surface area contributed by atoms with Crippen LogP contribution in [0.2, 0.25) is 0 Å². The molecule has 2 rings (SSSR count). The van der Waals surface area contributed by atoms with E-state index in [0.717, 1.165) is 25.2 Å². The molecule has 1 saturated heterocycles. The van der Waals surface area contributed by atoms with Gasteiger partial charge in [-0.2, -0.15) is 0 Å². The van der Waals surface area contributed by atoms with Gasteiger partial charge in [0.15, 0.2) is 0 Å². The van der Waals surface area contributed by atoms with E-state index in [1.807, 2.05) is 30.3 Å². The summed E-state index contributed by atoms with van der Waals surface area (Å²) in [4.78, 5) is 30.1. The van der Waals surface area contributed by atoms with Crippen molar-refractivity contribution in [2.75, 3.05) is 39.8 Å². The predicted molar refractivity (Wildman–Crippen MR) is 94.2 cm³/mol. The average Bonchev–Trinajstić information content (AvgIpc) is 2.54. The number of benzene rings is 1. The molecule has 132 valence electrons. The van der Waals surface area contributed by atoms with Crippen molar-refractivity contribution in [2.45, 2.75) is 25.9 Å². The van der Waals surface area contributed by atoms with Gasteiger partial charge in [-0.25, -0.2) is 0 Å². The molecule has 1 fully saturated rings. The first-order valence-electron chi connectivity index (χ1n) is 8.48. The Morgan fingerprint density at radius 3 is 2.58 bits per heavy atom. The summed E-state index contributed by atoms with van der Waals surface area (Å²) in [6.07, 6.45) is 0.191. The maximum absolute atomic E-state index is 12.8. The third-order valence-electron chi connectivity index (χ3n) is 4.50. The van der Waals surface area contributed by atoms with Gasteiger partial charge in [-0.15, -0.1) is 0 Å². The van der Waals surface area contributed by atoms with Crippen molar-refractivity contribution in [1.82, 2.24) is 14.7 Å². The van der Waals surface area contributed by atoms with Crippen LogP contribution in [0.4, 0.5) is 0 Å². The predicted octanol–water partition coefficient (Wildman–Crippen LogP) is 0.527. The second-order valence-electron chi connectivity index (χ2n) is 6.60. The molecule has 6 nitrogen and oxygen atoms in total. The van der Waals surface area contributed by atoms with Crippen LogP contribution in [0, 0.1) is 0 Å². The van der Waals surface area contributed by atoms with Crippen LogP contribution in [0.5, 0.6) is 0 Å². The minimum Gasteiger partial charge on any atom is -0.370 e. The smallest absolute Gasteiger partial charge is 0.237 e. The minimum atomic E-state index is -0.381. The largest absolute Gasteiger partial charge is 0.370 e. The zero-order valence-corrected chi connectivity index (χ0v) is 14.6. The quantitative estimate of drug-likeness (QED) is 0.791. The summed E-state index contributed by atoms with van der Waals surface area (Å²) < 4.78 is 0. The second kappa shape index (κ2) is 8.80. The molecule has 6 heteroatoms. The molecule has 1 aliphatic heterocycles. The number of hydrogen-bond acceptors (Lipinski definition) is 4. The van der Waals surface area contributed by atoms with E-state index in [9.17, 15) is 9.59 Å². The monoisotopic (exact) mass is 332 g/mol. The summed E-state index contributed by atoms with van der Waals surface area (Å²) >= 11 is 0. The Hall–Kier alpha value is -1.92. The molecule has 0 aromatic heterocycles. The van der Waals surface area contributed by atoms with Crippen LogP contribution >= 0.6 is 0 Å². The number of likely N-dealkylation sites (N-methyl/N-ethyl adjacent to an activating group) is 1. The van der Waals surface area contributed by atoms with Gasteiger partial charge in [0.1, 0.15) is 0 Å². The molecule has 2 N–H and O–H groups in total. The van der Waals surface area contributed by atoms with Gasteiger partial charge < -0.3 is 15.5 Å². The fourth-order valence-electron chi connectivity index (χ4n) is 3.03. The molecule has 0 radical (unpaired) electrons. The Kier molecular flexibility index (Phi) is 6.75. The van der Waals surface area contributed by atoms with Gasteiger partial charge in [0.25, 0.3) is 0 Å². The van der Waals surface area contributed by atoms with E-state index in [2.05, 4.69) is 23.8 Å². The number of hydrogen-bond donors (Lipinski definition) is 1. The first kappa shape index (κ1) is 18.4. The van der Waals surface area contributed by atoms with E-state index in [0.29, 0.717) is 25.7 Å². The fraction of sp³-hybridized carbons (Fsp3) is 0.556. The van der Waals surface area contributed by atoms with E-state index in [1.54, 1.807) is 4.90 Å². The Balaban J connectivity index is 1.99. The summed E-state index contributed by atoms with van der Waals surface area (Å²) in [5.41, 5.74) is 6.32. The third-order valence-corrected chi connectivity index (χ3v) is 4.50. The Morgan fingerprint density at radius 2 is 1.96 bits per heavy atom. The van der Waals surface area contributed by atoms with Gasteiger partial charge in [0.2, 0.25) is 11.8 Å². The highest BCUT2D eigenvalue weighted by molar-refractivity contribution is 5.79. The van der Waals surface area contributed by atoms with Crippen molar-refractivity contribution in [2.24, 2.45) is 5.73 Å². The molecule has 0 saturated carbocycles. The summed E-state index contributed by atoms with van der Waals surface area (Å²) in [7, 11) is 2.10. The van der Waals surface area contributed by atoms with E-state index in [1.165, 1.54) is 0 Å². The number of nitrogens with two attached hydrogens (primary N) is 1. The van der Waals surface area contributed by atoms with Crippen molar-refractivity contribution in [1.29, 1.82) is 0 Å². The van der Waals surface area contributed by atoms with Crippen LogP contribution in [0.3, 0.4) is 0 Å². The molecule has 1 heterocycles. The van der Waals surface area contributed by atoms with Crippen LogP contribution in [0.25, 0.3) is 0 Å². The molecule has 0 bridgehead atoms. The maximum atomic E-state index is 12.8. The topological polar surface area (TPSA) is 69.9 Å². The van der Waals surface area contributed by atoms with Crippen molar-refractivity contribution >= 4 is 11.8 Å². The molecular weight excluding hydrogens is 304 g/mol. The third kappa shape index (κ3) is 5.62. The Bertz CT molecular complexity index is 549. The molecule has 0 spiro atoms. The Labute approximate surface area is 144 Å². The number of rotatable bonds is 7. The summed E-state index contributed by atoms with van der Waals surface area (Å²) in [6, 6.07) is 10.2. The lowest BCUT2D eigenvalue weighted by Crippen LogP contribution is -2.53. The maximum Gasteiger partial charge on any atom is 0.237 e. The molecule has 1 atom stereocenters. The van der Waals surface area contributed by atoms with Gasteiger partial charge in [-0.1, -0.05) is 30.3 Å².